The third-order valence-corrected chi connectivity index (χ3v) is 8.64. The van der Waals surface area contributed by atoms with Gasteiger partial charge in [-0.2, -0.15) is 0 Å². The minimum atomic E-state index is -1.28. The molecule has 0 unspecified atom stereocenters. The van der Waals surface area contributed by atoms with Crippen molar-refractivity contribution in [2.75, 3.05) is 13.2 Å². The average molecular weight is 575 g/mol. The van der Waals surface area contributed by atoms with Crippen molar-refractivity contribution in [3.63, 3.8) is 0 Å². The van der Waals surface area contributed by atoms with Gasteiger partial charge >= 0.3 is 0 Å². The standard InChI is InChI=1S/C30H62N4O6/c1-2-3-4-5-6-7-8-9-10-11-12-13-14-15-16-17-18-38-29-24(34)30(39-23(20-31)26(29)36)40-28-22(33)19-21(32)25(35)27(28)37/h21-30,35-37H,2-20,31-34H2,1H3/t21-,22+,23-,24-,25+,26-,27-,28-,29-,30-/m1/s1. The van der Waals surface area contributed by atoms with Crippen LogP contribution < -0.4 is 22.9 Å². The lowest BCUT2D eigenvalue weighted by Crippen LogP contribution is -2.67. The van der Waals surface area contributed by atoms with Gasteiger partial charge in [-0.1, -0.05) is 103 Å². The molecule has 10 nitrogen and oxygen atoms in total. The number of aliphatic hydroxyl groups is 3. The predicted octanol–water partition coefficient (Wildman–Crippen LogP) is 2.17. The SMILES string of the molecule is CCCCCCCCCCCCCCCCCCO[C@@H]1[C@@H](N)[C@@H](O[C@H]2[C@H](O)[C@@H](O)[C@H](N)C[C@@H]2N)O[C@H](CN)[C@H]1O. The van der Waals surface area contributed by atoms with Gasteiger partial charge in [0.05, 0.1) is 12.1 Å². The molecule has 11 N–H and O–H groups in total. The van der Waals surface area contributed by atoms with Crippen molar-refractivity contribution in [2.45, 2.75) is 177 Å². The third-order valence-electron chi connectivity index (χ3n) is 8.64. The van der Waals surface area contributed by atoms with Gasteiger partial charge in [-0.15, -0.1) is 0 Å². The predicted molar refractivity (Wildman–Crippen MR) is 158 cm³/mol. The average Bonchev–Trinajstić information content (AvgIpc) is 2.94. The zero-order valence-corrected chi connectivity index (χ0v) is 25.1. The van der Waals surface area contributed by atoms with Crippen molar-refractivity contribution in [3.8, 4) is 0 Å². The van der Waals surface area contributed by atoms with Gasteiger partial charge < -0.3 is 52.5 Å². The molecule has 0 amide bonds. The van der Waals surface area contributed by atoms with Crippen LogP contribution in [0.3, 0.4) is 0 Å². The molecule has 0 spiro atoms. The van der Waals surface area contributed by atoms with Gasteiger partial charge in [-0.3, -0.25) is 0 Å². The van der Waals surface area contributed by atoms with E-state index in [0.717, 1.165) is 12.8 Å². The molecule has 2 rings (SSSR count). The summed E-state index contributed by atoms with van der Waals surface area (Å²) in [6.07, 6.45) is 14.2. The molecule has 0 radical (unpaired) electrons. The van der Waals surface area contributed by atoms with Crippen molar-refractivity contribution >= 4 is 0 Å². The highest BCUT2D eigenvalue weighted by atomic mass is 16.7. The van der Waals surface area contributed by atoms with Gasteiger partial charge in [-0.05, 0) is 12.8 Å². The number of aliphatic hydroxyl groups excluding tert-OH is 3. The van der Waals surface area contributed by atoms with Crippen LogP contribution in [0, 0.1) is 0 Å². The first-order valence-electron chi connectivity index (χ1n) is 16.2. The smallest absolute Gasteiger partial charge is 0.176 e. The molecule has 1 heterocycles. The second-order valence-electron chi connectivity index (χ2n) is 12.1. The molecule has 0 aromatic rings. The Morgan fingerprint density at radius 2 is 1.15 bits per heavy atom. The maximum absolute atomic E-state index is 10.7. The van der Waals surface area contributed by atoms with E-state index in [1.807, 2.05) is 0 Å². The highest BCUT2D eigenvalue weighted by molar-refractivity contribution is 4.99. The Labute approximate surface area is 242 Å². The maximum atomic E-state index is 10.7. The number of hydrogen-bond donors (Lipinski definition) is 7. The molecule has 1 saturated heterocycles. The van der Waals surface area contributed by atoms with Crippen LogP contribution in [0.1, 0.15) is 116 Å². The lowest BCUT2D eigenvalue weighted by atomic mass is 9.84. The molecule has 1 aliphatic carbocycles. The summed E-state index contributed by atoms with van der Waals surface area (Å²) >= 11 is 0. The highest BCUT2D eigenvalue weighted by Crippen LogP contribution is 2.28. The van der Waals surface area contributed by atoms with E-state index in [2.05, 4.69) is 6.92 Å². The maximum Gasteiger partial charge on any atom is 0.176 e. The fourth-order valence-electron chi connectivity index (χ4n) is 5.96. The van der Waals surface area contributed by atoms with E-state index in [9.17, 15) is 15.3 Å². The Hall–Kier alpha value is -0.400. The normalized spacial score (nSPS) is 34.8. The van der Waals surface area contributed by atoms with Crippen LogP contribution in [0.5, 0.6) is 0 Å². The molecule has 0 bridgehead atoms. The summed E-state index contributed by atoms with van der Waals surface area (Å²) in [5, 5.41) is 31.4. The van der Waals surface area contributed by atoms with Crippen LogP contribution in [-0.2, 0) is 14.2 Å². The van der Waals surface area contributed by atoms with Gasteiger partial charge in [0.25, 0.3) is 0 Å². The largest absolute Gasteiger partial charge is 0.389 e. The van der Waals surface area contributed by atoms with E-state index in [-0.39, 0.29) is 13.0 Å². The van der Waals surface area contributed by atoms with E-state index in [4.69, 9.17) is 37.1 Å². The summed E-state index contributed by atoms with van der Waals surface area (Å²) in [6, 6.07) is -2.05. The van der Waals surface area contributed by atoms with E-state index < -0.39 is 61.0 Å². The van der Waals surface area contributed by atoms with Crippen LogP contribution in [0.15, 0.2) is 0 Å². The van der Waals surface area contributed by atoms with Crippen LogP contribution in [-0.4, -0.2) is 89.5 Å². The molecule has 1 aliphatic heterocycles. The summed E-state index contributed by atoms with van der Waals surface area (Å²) in [7, 11) is 0. The number of hydrogen-bond acceptors (Lipinski definition) is 10. The van der Waals surface area contributed by atoms with Crippen LogP contribution in [0.4, 0.5) is 0 Å². The summed E-state index contributed by atoms with van der Waals surface area (Å²) in [6.45, 7) is 2.79. The van der Waals surface area contributed by atoms with Crippen LogP contribution in [0.2, 0.25) is 0 Å². The minimum Gasteiger partial charge on any atom is -0.389 e. The van der Waals surface area contributed by atoms with E-state index in [0.29, 0.717) is 6.61 Å². The number of rotatable bonds is 21. The Morgan fingerprint density at radius 1 is 0.650 bits per heavy atom. The molecular weight excluding hydrogens is 512 g/mol. The second kappa shape index (κ2) is 20.5. The van der Waals surface area contributed by atoms with Crippen molar-refractivity contribution in [1.29, 1.82) is 0 Å². The number of nitrogens with two attached hydrogens (primary N) is 4. The molecule has 40 heavy (non-hydrogen) atoms. The van der Waals surface area contributed by atoms with Gasteiger partial charge in [0.15, 0.2) is 6.29 Å². The van der Waals surface area contributed by atoms with Gasteiger partial charge in [0, 0.05) is 25.2 Å². The Kier molecular flexibility index (Phi) is 18.3. The first-order chi connectivity index (χ1) is 19.3. The van der Waals surface area contributed by atoms with Crippen molar-refractivity contribution < 1.29 is 29.5 Å². The van der Waals surface area contributed by atoms with Gasteiger partial charge in [-0.25, -0.2) is 0 Å². The first-order valence-corrected chi connectivity index (χ1v) is 16.2. The molecule has 2 fully saturated rings. The molecule has 2 aliphatic rings. The van der Waals surface area contributed by atoms with Crippen molar-refractivity contribution in [3.05, 3.63) is 0 Å². The number of ether oxygens (including phenoxy) is 3. The van der Waals surface area contributed by atoms with Gasteiger partial charge in [0.1, 0.15) is 30.5 Å². The second-order valence-corrected chi connectivity index (χ2v) is 12.1. The van der Waals surface area contributed by atoms with E-state index in [1.165, 1.54) is 89.9 Å². The topological polar surface area (TPSA) is 192 Å². The Morgan fingerprint density at radius 3 is 1.65 bits per heavy atom. The van der Waals surface area contributed by atoms with Crippen LogP contribution in [0.25, 0.3) is 0 Å². The molecule has 0 aromatic heterocycles. The molecular formula is C30H62N4O6. The van der Waals surface area contributed by atoms with Crippen molar-refractivity contribution in [1.82, 2.24) is 0 Å². The summed E-state index contributed by atoms with van der Waals surface area (Å²) in [4.78, 5) is 0. The molecule has 238 valence electrons. The van der Waals surface area contributed by atoms with E-state index >= 15 is 0 Å². The minimum absolute atomic E-state index is 0.0550. The fourth-order valence-corrected chi connectivity index (χ4v) is 5.96. The highest BCUT2D eigenvalue weighted by Gasteiger charge is 2.48. The lowest BCUT2D eigenvalue weighted by molar-refractivity contribution is -0.292. The Balaban J connectivity index is 1.59. The van der Waals surface area contributed by atoms with Crippen molar-refractivity contribution in [2.24, 2.45) is 22.9 Å². The number of unbranched alkanes of at least 4 members (excludes halogenated alkanes) is 15. The molecule has 10 atom stereocenters. The Bertz CT molecular complexity index is 635. The lowest BCUT2D eigenvalue weighted by Gasteiger charge is -2.46. The monoisotopic (exact) mass is 574 g/mol. The zero-order valence-electron chi connectivity index (χ0n) is 25.1. The molecule has 10 heteroatoms. The molecule has 0 aromatic carbocycles. The summed E-state index contributed by atoms with van der Waals surface area (Å²) < 4.78 is 17.8. The summed E-state index contributed by atoms with van der Waals surface area (Å²) in [5.41, 5.74) is 24.2. The summed E-state index contributed by atoms with van der Waals surface area (Å²) in [5.74, 6) is 0. The quantitative estimate of drug-likeness (QED) is 0.0999. The first kappa shape index (κ1) is 35.8. The van der Waals surface area contributed by atoms with E-state index in [1.54, 1.807) is 0 Å². The van der Waals surface area contributed by atoms with Gasteiger partial charge in [0.2, 0.25) is 0 Å². The third kappa shape index (κ3) is 12.1. The fraction of sp³-hybridized carbons (Fsp3) is 1.00. The van der Waals surface area contributed by atoms with Crippen LogP contribution >= 0.6 is 0 Å². The zero-order chi connectivity index (χ0) is 29.3. The molecule has 1 saturated carbocycles.